The number of ether oxygens (including phenoxy) is 1. The molecule has 0 spiro atoms. The first-order chi connectivity index (χ1) is 12.7. The molecule has 0 radical (unpaired) electrons. The lowest BCUT2D eigenvalue weighted by molar-refractivity contribution is -0.137. The van der Waals surface area contributed by atoms with Gasteiger partial charge in [0.1, 0.15) is 0 Å². The van der Waals surface area contributed by atoms with Gasteiger partial charge in [-0.25, -0.2) is 0 Å². The number of rotatable bonds is 5. The molecule has 1 aromatic heterocycles. The smallest absolute Gasteiger partial charge is 0.231 e. The molecule has 1 fully saturated rings. The lowest BCUT2D eigenvalue weighted by Crippen LogP contribution is -2.41. The Morgan fingerprint density at radius 2 is 2.15 bits per heavy atom. The fourth-order valence-corrected chi connectivity index (χ4v) is 4.43. The number of nitrogens with zero attached hydrogens (tertiary/aromatic N) is 1. The van der Waals surface area contributed by atoms with Crippen molar-refractivity contribution in [3.63, 3.8) is 0 Å². The maximum absolute atomic E-state index is 13.4. The minimum Gasteiger partial charge on any atom is -0.376 e. The highest BCUT2D eigenvalue weighted by molar-refractivity contribution is 7.09. The van der Waals surface area contributed by atoms with Crippen LogP contribution < -0.4 is 5.32 Å². The molecule has 136 valence electrons. The molecule has 0 saturated carbocycles. The summed E-state index contributed by atoms with van der Waals surface area (Å²) in [5.74, 6) is -0.521. The summed E-state index contributed by atoms with van der Waals surface area (Å²) in [4.78, 5) is 28.6. The third-order valence-electron chi connectivity index (χ3n) is 4.98. The summed E-state index contributed by atoms with van der Waals surface area (Å²) in [6.45, 7) is 1.91. The van der Waals surface area contributed by atoms with E-state index in [0.717, 1.165) is 35.6 Å². The molecule has 1 saturated heterocycles. The lowest BCUT2D eigenvalue weighted by atomic mass is 9.89. The van der Waals surface area contributed by atoms with Gasteiger partial charge in [-0.05, 0) is 35.9 Å². The van der Waals surface area contributed by atoms with Crippen LogP contribution in [0.15, 0.2) is 41.8 Å². The van der Waals surface area contributed by atoms with Crippen molar-refractivity contribution in [3.05, 3.63) is 52.2 Å². The summed E-state index contributed by atoms with van der Waals surface area (Å²) in [7, 11) is 0. The van der Waals surface area contributed by atoms with Crippen molar-refractivity contribution < 1.29 is 14.3 Å². The predicted octanol–water partition coefficient (Wildman–Crippen LogP) is 3.38. The zero-order valence-electron chi connectivity index (χ0n) is 14.5. The maximum Gasteiger partial charge on any atom is 0.231 e. The number of anilines is 1. The van der Waals surface area contributed by atoms with E-state index < -0.39 is 5.92 Å². The first-order valence-corrected chi connectivity index (χ1v) is 9.90. The number of nitrogens with one attached hydrogen (secondary N) is 1. The summed E-state index contributed by atoms with van der Waals surface area (Å²) >= 11 is 1.65. The fourth-order valence-electron chi connectivity index (χ4n) is 3.71. The van der Waals surface area contributed by atoms with Crippen LogP contribution in [0.2, 0.25) is 0 Å². The normalized spacial score (nSPS) is 21.9. The van der Waals surface area contributed by atoms with Gasteiger partial charge in [0.15, 0.2) is 0 Å². The second kappa shape index (κ2) is 7.60. The predicted molar refractivity (Wildman–Crippen MR) is 101 cm³/mol. The molecule has 2 atom stereocenters. The quantitative estimate of drug-likeness (QED) is 0.878. The maximum atomic E-state index is 13.4. The first-order valence-electron chi connectivity index (χ1n) is 9.02. The SMILES string of the molecule is O=C1CC(C(=O)N(Cc2cccs2)CC2CCCO2)c2ccccc2N1. The van der Waals surface area contributed by atoms with Crippen LogP contribution in [-0.2, 0) is 20.9 Å². The van der Waals surface area contributed by atoms with Crippen LogP contribution in [0.3, 0.4) is 0 Å². The Morgan fingerprint density at radius 3 is 2.92 bits per heavy atom. The summed E-state index contributed by atoms with van der Waals surface area (Å²) in [5.41, 5.74) is 1.65. The number of benzene rings is 1. The highest BCUT2D eigenvalue weighted by atomic mass is 32.1. The van der Waals surface area contributed by atoms with Crippen LogP contribution >= 0.6 is 11.3 Å². The van der Waals surface area contributed by atoms with Gasteiger partial charge in [-0.3, -0.25) is 9.59 Å². The van der Waals surface area contributed by atoms with Crippen LogP contribution in [0, 0.1) is 0 Å². The zero-order valence-corrected chi connectivity index (χ0v) is 15.3. The fraction of sp³-hybridized carbons (Fsp3) is 0.400. The minimum absolute atomic E-state index is 0.0104. The average Bonchev–Trinajstić information content (AvgIpc) is 3.34. The second-order valence-corrected chi connectivity index (χ2v) is 7.86. The largest absolute Gasteiger partial charge is 0.376 e. The summed E-state index contributed by atoms with van der Waals surface area (Å²) in [5, 5.41) is 4.89. The Balaban J connectivity index is 1.59. The van der Waals surface area contributed by atoms with E-state index in [4.69, 9.17) is 4.74 Å². The molecule has 2 unspecified atom stereocenters. The van der Waals surface area contributed by atoms with Crippen molar-refractivity contribution in [2.75, 3.05) is 18.5 Å². The number of amides is 2. The number of carbonyl (C=O) groups excluding carboxylic acids is 2. The van der Waals surface area contributed by atoms with E-state index in [1.165, 1.54) is 0 Å². The van der Waals surface area contributed by atoms with E-state index in [0.29, 0.717) is 13.1 Å². The van der Waals surface area contributed by atoms with Gasteiger partial charge in [-0.1, -0.05) is 24.3 Å². The van der Waals surface area contributed by atoms with Crippen molar-refractivity contribution in [1.29, 1.82) is 0 Å². The van der Waals surface area contributed by atoms with Crippen LogP contribution in [-0.4, -0.2) is 36.0 Å². The van der Waals surface area contributed by atoms with Crippen molar-refractivity contribution in [3.8, 4) is 0 Å². The van der Waals surface area contributed by atoms with Crippen molar-refractivity contribution in [1.82, 2.24) is 4.90 Å². The molecule has 1 N–H and O–H groups in total. The molecule has 2 aliphatic heterocycles. The standard InChI is InChI=1S/C20H22N2O3S/c23-19-11-17(16-7-1-2-8-18(16)21-19)20(24)22(12-14-5-3-9-25-14)13-15-6-4-10-26-15/h1-2,4,6-8,10,14,17H,3,5,9,11-13H2,(H,21,23). The van der Waals surface area contributed by atoms with Gasteiger partial charge >= 0.3 is 0 Å². The Hall–Kier alpha value is -2.18. The van der Waals surface area contributed by atoms with Crippen molar-refractivity contribution in [2.24, 2.45) is 0 Å². The van der Waals surface area contributed by atoms with Crippen LogP contribution in [0.1, 0.15) is 35.6 Å². The highest BCUT2D eigenvalue weighted by Crippen LogP contribution is 2.34. The Kier molecular flexibility index (Phi) is 5.04. The zero-order chi connectivity index (χ0) is 17.9. The monoisotopic (exact) mass is 370 g/mol. The first kappa shape index (κ1) is 17.2. The Labute approximate surface area is 157 Å². The van der Waals surface area contributed by atoms with Gasteiger partial charge in [0.2, 0.25) is 11.8 Å². The third-order valence-corrected chi connectivity index (χ3v) is 5.85. The number of para-hydroxylation sites is 1. The number of fused-ring (bicyclic) bond motifs is 1. The molecule has 1 aromatic carbocycles. The summed E-state index contributed by atoms with van der Waals surface area (Å²) < 4.78 is 5.76. The molecule has 0 aliphatic carbocycles. The number of carbonyl (C=O) groups is 2. The number of thiophene rings is 1. The van der Waals surface area contributed by atoms with Crippen LogP contribution in [0.4, 0.5) is 5.69 Å². The molecule has 5 nitrogen and oxygen atoms in total. The number of hydrogen-bond donors (Lipinski definition) is 1. The van der Waals surface area contributed by atoms with Gasteiger partial charge in [0, 0.05) is 30.1 Å². The average molecular weight is 370 g/mol. The Morgan fingerprint density at radius 1 is 1.27 bits per heavy atom. The topological polar surface area (TPSA) is 58.6 Å². The van der Waals surface area contributed by atoms with Crippen LogP contribution in [0.5, 0.6) is 0 Å². The summed E-state index contributed by atoms with van der Waals surface area (Å²) in [6.07, 6.45) is 2.31. The molecular formula is C20H22N2O3S. The highest BCUT2D eigenvalue weighted by Gasteiger charge is 2.34. The van der Waals surface area contributed by atoms with E-state index >= 15 is 0 Å². The minimum atomic E-state index is -0.429. The molecular weight excluding hydrogens is 348 g/mol. The van der Waals surface area contributed by atoms with Gasteiger partial charge < -0.3 is 15.0 Å². The van der Waals surface area contributed by atoms with E-state index in [1.54, 1.807) is 11.3 Å². The van der Waals surface area contributed by atoms with Gasteiger partial charge in [-0.15, -0.1) is 11.3 Å². The molecule has 4 rings (SSSR count). The van der Waals surface area contributed by atoms with E-state index in [1.807, 2.05) is 46.7 Å². The molecule has 3 heterocycles. The molecule has 2 amide bonds. The van der Waals surface area contributed by atoms with Crippen molar-refractivity contribution >= 4 is 28.8 Å². The van der Waals surface area contributed by atoms with Gasteiger partial charge in [-0.2, -0.15) is 0 Å². The van der Waals surface area contributed by atoms with Crippen LogP contribution in [0.25, 0.3) is 0 Å². The second-order valence-electron chi connectivity index (χ2n) is 6.83. The molecule has 6 heteroatoms. The number of hydrogen-bond acceptors (Lipinski definition) is 4. The molecule has 2 aliphatic rings. The van der Waals surface area contributed by atoms with Crippen molar-refractivity contribution in [2.45, 2.75) is 37.8 Å². The third kappa shape index (κ3) is 3.66. The molecule has 26 heavy (non-hydrogen) atoms. The van der Waals surface area contributed by atoms with E-state index in [9.17, 15) is 9.59 Å². The van der Waals surface area contributed by atoms with Gasteiger partial charge in [0.25, 0.3) is 0 Å². The summed E-state index contributed by atoms with van der Waals surface area (Å²) in [6, 6.07) is 11.6. The van der Waals surface area contributed by atoms with Gasteiger partial charge in [0.05, 0.1) is 18.6 Å². The lowest BCUT2D eigenvalue weighted by Gasteiger charge is -2.31. The molecule has 2 aromatic rings. The Bertz CT molecular complexity index is 784. The molecule has 0 bridgehead atoms. The van der Waals surface area contributed by atoms with E-state index in [-0.39, 0.29) is 24.3 Å². The van der Waals surface area contributed by atoms with E-state index in [2.05, 4.69) is 5.32 Å².